The van der Waals surface area contributed by atoms with Gasteiger partial charge in [0.15, 0.2) is 0 Å². The van der Waals surface area contributed by atoms with Crippen LogP contribution in [0.2, 0.25) is 0 Å². The first-order chi connectivity index (χ1) is 14.2. The van der Waals surface area contributed by atoms with Crippen LogP contribution in [-0.4, -0.2) is 47.0 Å². The number of halogens is 1. The van der Waals surface area contributed by atoms with E-state index in [1.165, 1.54) is 6.07 Å². The summed E-state index contributed by atoms with van der Waals surface area (Å²) < 4.78 is 13.7. The number of carbonyl (C=O) groups is 1. The van der Waals surface area contributed by atoms with Crippen LogP contribution in [-0.2, 0) is 6.54 Å². The molecule has 1 aromatic carbocycles. The number of aromatic nitrogens is 3. The molecule has 0 aliphatic carbocycles. The molecule has 3 heterocycles. The van der Waals surface area contributed by atoms with Gasteiger partial charge in [-0.2, -0.15) is 0 Å². The molecule has 7 nitrogen and oxygen atoms in total. The number of pyridine rings is 1. The third kappa shape index (κ3) is 4.48. The van der Waals surface area contributed by atoms with Crippen LogP contribution >= 0.6 is 0 Å². The lowest BCUT2D eigenvalue weighted by molar-refractivity contribution is 0.0945. The molecule has 0 radical (unpaired) electrons. The van der Waals surface area contributed by atoms with Crippen molar-refractivity contribution in [2.24, 2.45) is 0 Å². The Hall–Kier alpha value is -3.55. The van der Waals surface area contributed by atoms with Crippen molar-refractivity contribution in [3.05, 3.63) is 78.1 Å². The van der Waals surface area contributed by atoms with E-state index in [-0.39, 0.29) is 18.3 Å². The Kier molecular flexibility index (Phi) is 5.60. The van der Waals surface area contributed by atoms with Gasteiger partial charge in [-0.25, -0.2) is 19.3 Å². The summed E-state index contributed by atoms with van der Waals surface area (Å²) in [5, 5.41) is 2.70. The van der Waals surface area contributed by atoms with Crippen molar-refractivity contribution >= 4 is 17.5 Å². The first-order valence-electron chi connectivity index (χ1n) is 9.45. The van der Waals surface area contributed by atoms with E-state index in [0.29, 0.717) is 11.3 Å². The molecule has 0 saturated carbocycles. The van der Waals surface area contributed by atoms with Crippen LogP contribution in [0.1, 0.15) is 16.1 Å². The van der Waals surface area contributed by atoms with Gasteiger partial charge in [-0.3, -0.25) is 4.79 Å². The summed E-state index contributed by atoms with van der Waals surface area (Å²) in [6.45, 7) is 3.39. The predicted molar refractivity (Wildman–Crippen MR) is 108 cm³/mol. The molecule has 8 heteroatoms. The fourth-order valence-corrected chi connectivity index (χ4v) is 3.23. The highest BCUT2D eigenvalue weighted by atomic mass is 19.1. The minimum absolute atomic E-state index is 0.123. The summed E-state index contributed by atoms with van der Waals surface area (Å²) in [5.74, 6) is 0.0779. The molecule has 0 bridgehead atoms. The molecule has 148 valence electrons. The molecular formula is C21H21FN6O. The summed E-state index contributed by atoms with van der Waals surface area (Å²) in [7, 11) is 0. The second kappa shape index (κ2) is 8.64. The van der Waals surface area contributed by atoms with Gasteiger partial charge in [0.25, 0.3) is 5.91 Å². The second-order valence-corrected chi connectivity index (χ2v) is 6.70. The Labute approximate surface area is 168 Å². The number of hydrogen-bond acceptors (Lipinski definition) is 6. The summed E-state index contributed by atoms with van der Waals surface area (Å²) in [6.07, 6.45) is 5.19. The Morgan fingerprint density at radius 1 is 0.931 bits per heavy atom. The Balaban J connectivity index is 1.32. The average molecular weight is 392 g/mol. The zero-order valence-electron chi connectivity index (χ0n) is 15.8. The zero-order chi connectivity index (χ0) is 20.1. The van der Waals surface area contributed by atoms with Crippen LogP contribution < -0.4 is 15.1 Å². The van der Waals surface area contributed by atoms with Crippen molar-refractivity contribution in [1.82, 2.24) is 20.3 Å². The van der Waals surface area contributed by atoms with E-state index in [9.17, 15) is 9.18 Å². The molecule has 1 aliphatic rings. The fraction of sp³-hybridized carbons (Fsp3) is 0.238. The van der Waals surface area contributed by atoms with Gasteiger partial charge in [0.1, 0.15) is 11.5 Å². The molecule has 1 saturated heterocycles. The van der Waals surface area contributed by atoms with Crippen LogP contribution in [0.5, 0.6) is 0 Å². The second-order valence-electron chi connectivity index (χ2n) is 6.70. The molecule has 1 fully saturated rings. The number of carbonyl (C=O) groups excluding carboxylic acids is 1. The number of hydrogen-bond donors (Lipinski definition) is 1. The van der Waals surface area contributed by atoms with Gasteiger partial charge < -0.3 is 15.1 Å². The lowest BCUT2D eigenvalue weighted by Crippen LogP contribution is -2.47. The largest absolute Gasteiger partial charge is 0.367 e. The molecule has 0 unspecified atom stereocenters. The van der Waals surface area contributed by atoms with Crippen molar-refractivity contribution < 1.29 is 9.18 Å². The maximum absolute atomic E-state index is 13.7. The molecule has 0 atom stereocenters. The third-order valence-corrected chi connectivity index (χ3v) is 4.86. The summed E-state index contributed by atoms with van der Waals surface area (Å²) >= 11 is 0. The number of benzene rings is 1. The lowest BCUT2D eigenvalue weighted by Gasteiger charge is -2.35. The minimum Gasteiger partial charge on any atom is -0.367 e. The number of rotatable bonds is 5. The van der Waals surface area contributed by atoms with Crippen molar-refractivity contribution in [1.29, 1.82) is 0 Å². The van der Waals surface area contributed by atoms with E-state index in [2.05, 4.69) is 30.1 Å². The third-order valence-electron chi connectivity index (χ3n) is 4.86. The minimum atomic E-state index is -0.337. The van der Waals surface area contributed by atoms with E-state index in [0.717, 1.165) is 37.8 Å². The first-order valence-corrected chi connectivity index (χ1v) is 9.45. The molecule has 0 spiro atoms. The molecule has 29 heavy (non-hydrogen) atoms. The van der Waals surface area contributed by atoms with E-state index < -0.39 is 0 Å². The molecule has 4 rings (SSSR count). The number of nitrogens with one attached hydrogen (secondary N) is 1. The van der Waals surface area contributed by atoms with Gasteiger partial charge in [-0.1, -0.05) is 18.2 Å². The fourth-order valence-electron chi connectivity index (χ4n) is 3.23. The maximum Gasteiger partial charge on any atom is 0.270 e. The van der Waals surface area contributed by atoms with Gasteiger partial charge in [0.2, 0.25) is 5.95 Å². The molecule has 1 amide bonds. The molecular weight excluding hydrogens is 371 g/mol. The highest BCUT2D eigenvalue weighted by Gasteiger charge is 2.19. The number of piperazine rings is 1. The van der Waals surface area contributed by atoms with E-state index in [1.807, 2.05) is 6.07 Å². The Morgan fingerprint density at radius 3 is 2.34 bits per heavy atom. The number of nitrogens with zero attached hydrogens (tertiary/aromatic N) is 5. The van der Waals surface area contributed by atoms with Gasteiger partial charge in [0, 0.05) is 50.7 Å². The SMILES string of the molecule is O=C(NCc1ccccc1F)c1ccc(N2CCN(c3ncccn3)CC2)cn1. The van der Waals surface area contributed by atoms with Crippen LogP contribution in [0, 0.1) is 5.82 Å². The molecule has 3 aromatic rings. The highest BCUT2D eigenvalue weighted by molar-refractivity contribution is 5.92. The van der Waals surface area contributed by atoms with Crippen molar-refractivity contribution in [2.75, 3.05) is 36.0 Å². The van der Waals surface area contributed by atoms with Crippen LogP contribution in [0.4, 0.5) is 16.0 Å². The standard InChI is InChI=1S/C21H21FN6O/c22-18-5-2-1-4-16(18)14-26-20(29)19-7-6-17(15-25-19)27-10-12-28(13-11-27)21-23-8-3-9-24-21/h1-9,15H,10-14H2,(H,26,29). The average Bonchev–Trinajstić information content (AvgIpc) is 2.79. The van der Waals surface area contributed by atoms with Crippen LogP contribution in [0.15, 0.2) is 61.1 Å². The molecule has 1 N–H and O–H groups in total. The Bertz CT molecular complexity index is 958. The quantitative estimate of drug-likeness (QED) is 0.718. The zero-order valence-corrected chi connectivity index (χ0v) is 15.8. The molecule has 2 aromatic heterocycles. The summed E-state index contributed by atoms with van der Waals surface area (Å²) in [6, 6.07) is 11.8. The summed E-state index contributed by atoms with van der Waals surface area (Å²) in [5.41, 5.74) is 1.71. The predicted octanol–water partition coefficient (Wildman–Crippen LogP) is 2.27. The van der Waals surface area contributed by atoms with Crippen molar-refractivity contribution in [3.63, 3.8) is 0 Å². The van der Waals surface area contributed by atoms with Crippen LogP contribution in [0.25, 0.3) is 0 Å². The van der Waals surface area contributed by atoms with Crippen molar-refractivity contribution in [3.8, 4) is 0 Å². The summed E-state index contributed by atoms with van der Waals surface area (Å²) in [4.78, 5) is 29.5. The first kappa shape index (κ1) is 18.8. The van der Waals surface area contributed by atoms with E-state index >= 15 is 0 Å². The topological polar surface area (TPSA) is 74.2 Å². The van der Waals surface area contributed by atoms with Gasteiger partial charge >= 0.3 is 0 Å². The van der Waals surface area contributed by atoms with Gasteiger partial charge in [-0.05, 0) is 24.3 Å². The monoisotopic (exact) mass is 392 g/mol. The normalized spacial score (nSPS) is 14.0. The number of anilines is 2. The lowest BCUT2D eigenvalue weighted by atomic mass is 10.2. The number of amides is 1. The van der Waals surface area contributed by atoms with Crippen molar-refractivity contribution in [2.45, 2.75) is 6.54 Å². The maximum atomic E-state index is 13.7. The Morgan fingerprint density at radius 2 is 1.66 bits per heavy atom. The smallest absolute Gasteiger partial charge is 0.270 e. The van der Waals surface area contributed by atoms with Gasteiger partial charge in [0.05, 0.1) is 11.9 Å². The van der Waals surface area contributed by atoms with E-state index in [4.69, 9.17) is 0 Å². The van der Waals surface area contributed by atoms with E-state index in [1.54, 1.807) is 48.9 Å². The molecule has 1 aliphatic heterocycles. The van der Waals surface area contributed by atoms with Crippen LogP contribution in [0.3, 0.4) is 0 Å². The highest BCUT2D eigenvalue weighted by Crippen LogP contribution is 2.17. The van der Waals surface area contributed by atoms with Gasteiger partial charge in [-0.15, -0.1) is 0 Å².